The summed E-state index contributed by atoms with van der Waals surface area (Å²) in [6, 6.07) is 14.3. The van der Waals surface area contributed by atoms with E-state index in [9.17, 15) is 22.8 Å². The first-order valence-electron chi connectivity index (χ1n) is 13.2. The zero-order valence-corrected chi connectivity index (χ0v) is 22.1. The maximum absolute atomic E-state index is 13.7. The van der Waals surface area contributed by atoms with Crippen molar-refractivity contribution in [1.82, 2.24) is 9.80 Å². The largest absolute Gasteiger partial charge is 0.471 e. The van der Waals surface area contributed by atoms with Crippen LogP contribution in [0.2, 0.25) is 0 Å². The van der Waals surface area contributed by atoms with Crippen molar-refractivity contribution in [3.05, 3.63) is 76.4 Å². The third-order valence-electron chi connectivity index (χ3n) is 7.74. The van der Waals surface area contributed by atoms with Crippen LogP contribution in [-0.2, 0) is 16.1 Å². The van der Waals surface area contributed by atoms with Crippen LogP contribution >= 0.6 is 0 Å². The highest BCUT2D eigenvalue weighted by molar-refractivity contribution is 5.89. The zero-order valence-electron chi connectivity index (χ0n) is 22.1. The number of ether oxygens (including phenoxy) is 1. The number of rotatable bonds is 8. The number of amides is 1. The Kier molecular flexibility index (Phi) is 8.61. The standard InChI is InChI=1S/C30H35F3N2O3/c1-4-22(17-21-8-6-5-7-9-21)26-18-27(26)35(29(37)30(31,32)33)25-12-14-34(15-13-25)19-24-11-10-23(16-20(24)2)28(36)38-3/h5-11,16-17,25-27H,4,12-15,18-19H2,1-3H3/b22-17+/t26-,27+/m0/s1. The van der Waals surface area contributed by atoms with Crippen molar-refractivity contribution in [2.75, 3.05) is 20.2 Å². The molecule has 4 rings (SSSR count). The van der Waals surface area contributed by atoms with Crippen LogP contribution < -0.4 is 0 Å². The number of hydrogen-bond acceptors (Lipinski definition) is 4. The highest BCUT2D eigenvalue weighted by Gasteiger charge is 2.54. The third-order valence-corrected chi connectivity index (χ3v) is 7.74. The molecule has 0 unspecified atom stereocenters. The smallest absolute Gasteiger partial charge is 0.465 e. The molecule has 2 atom stereocenters. The molecular formula is C30H35F3N2O3. The molecule has 2 fully saturated rings. The van der Waals surface area contributed by atoms with Gasteiger partial charge in [0.25, 0.3) is 0 Å². The summed E-state index contributed by atoms with van der Waals surface area (Å²) < 4.78 is 45.8. The molecule has 1 heterocycles. The number of aryl methyl sites for hydroxylation is 1. The van der Waals surface area contributed by atoms with Gasteiger partial charge in [-0.2, -0.15) is 13.2 Å². The number of methoxy groups -OCH3 is 1. The third kappa shape index (κ3) is 6.46. The van der Waals surface area contributed by atoms with E-state index in [2.05, 4.69) is 11.0 Å². The van der Waals surface area contributed by atoms with E-state index in [0.717, 1.165) is 33.6 Å². The Labute approximate surface area is 222 Å². The number of carbonyl (C=O) groups excluding carboxylic acids is 2. The van der Waals surface area contributed by atoms with Crippen LogP contribution in [0.3, 0.4) is 0 Å². The van der Waals surface area contributed by atoms with Gasteiger partial charge in [0.2, 0.25) is 0 Å². The molecule has 0 N–H and O–H groups in total. The lowest BCUT2D eigenvalue weighted by Gasteiger charge is -2.39. The molecule has 0 spiro atoms. The number of benzene rings is 2. The molecule has 8 heteroatoms. The molecule has 1 saturated heterocycles. The molecule has 0 radical (unpaired) electrons. The van der Waals surface area contributed by atoms with Gasteiger partial charge in [0, 0.05) is 37.6 Å². The average molecular weight is 529 g/mol. The number of halogens is 3. The summed E-state index contributed by atoms with van der Waals surface area (Å²) in [4.78, 5) is 27.8. The van der Waals surface area contributed by atoms with Crippen molar-refractivity contribution in [3.63, 3.8) is 0 Å². The van der Waals surface area contributed by atoms with E-state index in [0.29, 0.717) is 44.5 Å². The van der Waals surface area contributed by atoms with Crippen LogP contribution in [0, 0.1) is 12.8 Å². The number of esters is 1. The van der Waals surface area contributed by atoms with Crippen LogP contribution in [0.15, 0.2) is 54.1 Å². The Morgan fingerprint density at radius 3 is 2.37 bits per heavy atom. The van der Waals surface area contributed by atoms with Crippen LogP contribution in [0.1, 0.15) is 59.7 Å². The highest BCUT2D eigenvalue weighted by atomic mass is 19.4. The first kappa shape index (κ1) is 27.9. The van der Waals surface area contributed by atoms with Crippen molar-refractivity contribution < 1.29 is 27.5 Å². The van der Waals surface area contributed by atoms with Crippen molar-refractivity contribution in [1.29, 1.82) is 0 Å². The average Bonchev–Trinajstić information content (AvgIpc) is 3.69. The first-order chi connectivity index (χ1) is 18.1. The van der Waals surface area contributed by atoms with Gasteiger partial charge >= 0.3 is 18.1 Å². The lowest BCUT2D eigenvalue weighted by atomic mass is 9.99. The minimum Gasteiger partial charge on any atom is -0.465 e. The molecule has 5 nitrogen and oxygen atoms in total. The molecule has 0 bridgehead atoms. The summed E-state index contributed by atoms with van der Waals surface area (Å²) in [6.07, 6.45) is -0.547. The van der Waals surface area contributed by atoms with E-state index in [1.165, 1.54) is 7.11 Å². The van der Waals surface area contributed by atoms with Crippen LogP contribution in [0.25, 0.3) is 6.08 Å². The van der Waals surface area contributed by atoms with Gasteiger partial charge in [-0.25, -0.2) is 4.79 Å². The fourth-order valence-electron chi connectivity index (χ4n) is 5.57. The molecule has 2 aromatic carbocycles. The van der Waals surface area contributed by atoms with Crippen LogP contribution in [0.4, 0.5) is 13.2 Å². The Hall–Kier alpha value is -3.13. The molecule has 2 aromatic rings. The fourth-order valence-corrected chi connectivity index (χ4v) is 5.57. The summed E-state index contributed by atoms with van der Waals surface area (Å²) in [5.41, 5.74) is 4.61. The SMILES string of the molecule is CC/C(=C\c1ccccc1)[C@@H]1C[C@H]1N(C(=O)C(F)(F)F)C1CCN(Cc2ccc(C(=O)OC)cc2C)CC1. The maximum atomic E-state index is 13.7. The van der Waals surface area contributed by atoms with E-state index in [1.54, 1.807) is 12.1 Å². The Morgan fingerprint density at radius 1 is 1.11 bits per heavy atom. The van der Waals surface area contributed by atoms with E-state index in [-0.39, 0.29) is 5.92 Å². The topological polar surface area (TPSA) is 49.9 Å². The van der Waals surface area contributed by atoms with Crippen LogP contribution in [-0.4, -0.2) is 60.1 Å². The summed E-state index contributed by atoms with van der Waals surface area (Å²) in [5, 5.41) is 0. The number of alkyl halides is 3. The van der Waals surface area contributed by atoms with Gasteiger partial charge in [-0.3, -0.25) is 9.69 Å². The van der Waals surface area contributed by atoms with Crippen LogP contribution in [0.5, 0.6) is 0 Å². The molecule has 1 saturated carbocycles. The summed E-state index contributed by atoms with van der Waals surface area (Å²) in [7, 11) is 1.34. The predicted molar refractivity (Wildman–Crippen MR) is 140 cm³/mol. The predicted octanol–water partition coefficient (Wildman–Crippen LogP) is 6.02. The molecule has 1 aliphatic carbocycles. The minimum atomic E-state index is -4.89. The molecular weight excluding hydrogens is 493 g/mol. The second kappa shape index (κ2) is 11.7. The number of hydrogen-bond donors (Lipinski definition) is 0. The molecule has 204 valence electrons. The first-order valence-corrected chi connectivity index (χ1v) is 13.2. The normalized spacial score (nSPS) is 20.7. The Morgan fingerprint density at radius 2 is 1.79 bits per heavy atom. The zero-order chi connectivity index (χ0) is 27.4. The molecule has 1 amide bonds. The number of piperidine rings is 1. The monoisotopic (exact) mass is 528 g/mol. The Balaban J connectivity index is 1.44. The Bertz CT molecular complexity index is 1170. The van der Waals surface area contributed by atoms with E-state index >= 15 is 0 Å². The van der Waals surface area contributed by atoms with Gasteiger partial charge in [-0.05, 0) is 61.4 Å². The van der Waals surface area contributed by atoms with Crippen molar-refractivity contribution in [2.24, 2.45) is 5.92 Å². The molecule has 1 aliphatic heterocycles. The van der Waals surface area contributed by atoms with Gasteiger partial charge in [-0.1, -0.05) is 55.0 Å². The molecule has 38 heavy (non-hydrogen) atoms. The second-order valence-corrected chi connectivity index (χ2v) is 10.2. The van der Waals surface area contributed by atoms with Gasteiger partial charge in [0.1, 0.15) is 0 Å². The molecule has 2 aliphatic rings. The summed E-state index contributed by atoms with van der Waals surface area (Å²) in [6.45, 7) is 5.78. The van der Waals surface area contributed by atoms with E-state index in [4.69, 9.17) is 4.74 Å². The van der Waals surface area contributed by atoms with Crippen molar-refractivity contribution in [2.45, 2.75) is 64.3 Å². The quantitative estimate of drug-likeness (QED) is 0.393. The van der Waals surface area contributed by atoms with Gasteiger partial charge in [0.15, 0.2) is 0 Å². The van der Waals surface area contributed by atoms with E-state index < -0.39 is 30.1 Å². The van der Waals surface area contributed by atoms with Crippen molar-refractivity contribution in [3.8, 4) is 0 Å². The number of likely N-dealkylation sites (tertiary alicyclic amines) is 1. The summed E-state index contributed by atoms with van der Waals surface area (Å²) in [5.74, 6) is -2.15. The number of carbonyl (C=O) groups is 2. The lowest BCUT2D eigenvalue weighted by molar-refractivity contribution is -0.189. The number of nitrogens with zero attached hydrogens (tertiary/aromatic N) is 2. The van der Waals surface area contributed by atoms with Crippen molar-refractivity contribution >= 4 is 18.0 Å². The lowest BCUT2D eigenvalue weighted by Crippen LogP contribution is -2.52. The minimum absolute atomic E-state index is 0.0412. The van der Waals surface area contributed by atoms with Gasteiger partial charge in [0.05, 0.1) is 12.7 Å². The summed E-state index contributed by atoms with van der Waals surface area (Å²) >= 11 is 0. The maximum Gasteiger partial charge on any atom is 0.471 e. The fraction of sp³-hybridized carbons (Fsp3) is 0.467. The highest BCUT2D eigenvalue weighted by Crippen LogP contribution is 2.46. The van der Waals surface area contributed by atoms with Gasteiger partial charge < -0.3 is 9.64 Å². The second-order valence-electron chi connectivity index (χ2n) is 10.2. The molecule has 0 aromatic heterocycles. The van der Waals surface area contributed by atoms with E-state index in [1.807, 2.05) is 50.2 Å². The van der Waals surface area contributed by atoms with Gasteiger partial charge in [-0.15, -0.1) is 0 Å².